The minimum atomic E-state index is -4.44. The monoisotopic (exact) mass is 350 g/mol. The molecule has 2 aromatic carbocycles. The summed E-state index contributed by atoms with van der Waals surface area (Å²) in [5, 5.41) is 0. The van der Waals surface area contributed by atoms with E-state index in [0.29, 0.717) is 11.3 Å². The molecule has 0 saturated heterocycles. The Kier molecular flexibility index (Phi) is 5.85. The van der Waals surface area contributed by atoms with Crippen LogP contribution in [0.1, 0.15) is 24.2 Å². The van der Waals surface area contributed by atoms with Crippen LogP contribution < -0.4 is 4.74 Å². The van der Waals surface area contributed by atoms with Crippen LogP contribution in [0.2, 0.25) is 0 Å². The van der Waals surface area contributed by atoms with Crippen LogP contribution in [0.15, 0.2) is 66.7 Å². The highest BCUT2D eigenvalue weighted by Gasteiger charge is 2.31. The fourth-order valence-corrected chi connectivity index (χ4v) is 2.15. The van der Waals surface area contributed by atoms with Crippen molar-refractivity contribution in [3.05, 3.63) is 77.9 Å². The first-order valence-corrected chi connectivity index (χ1v) is 7.57. The maximum atomic E-state index is 12.7. The van der Waals surface area contributed by atoms with Crippen LogP contribution in [-0.2, 0) is 15.7 Å². The summed E-state index contributed by atoms with van der Waals surface area (Å²) in [5.74, 6) is -0.207. The van der Waals surface area contributed by atoms with Gasteiger partial charge in [0.25, 0.3) is 0 Å². The minimum absolute atomic E-state index is 0.00506. The predicted molar refractivity (Wildman–Crippen MR) is 87.0 cm³/mol. The Morgan fingerprint density at radius 2 is 1.68 bits per heavy atom. The molecule has 0 aromatic heterocycles. The summed E-state index contributed by atoms with van der Waals surface area (Å²) < 4.78 is 48.9. The average Bonchev–Trinajstić information content (AvgIpc) is 2.59. The zero-order valence-electron chi connectivity index (χ0n) is 13.5. The van der Waals surface area contributed by atoms with Gasteiger partial charge in [-0.15, -0.1) is 0 Å². The highest BCUT2D eigenvalue weighted by Crippen LogP contribution is 2.33. The number of ether oxygens (including phenoxy) is 2. The van der Waals surface area contributed by atoms with E-state index < -0.39 is 23.8 Å². The second-order valence-electron chi connectivity index (χ2n) is 5.18. The molecule has 1 unspecified atom stereocenters. The van der Waals surface area contributed by atoms with E-state index in [0.717, 1.165) is 12.1 Å². The molecule has 0 aliphatic heterocycles. The number of alkyl halides is 3. The fourth-order valence-electron chi connectivity index (χ4n) is 2.15. The Hall–Kier alpha value is -2.76. The number of halogens is 3. The lowest BCUT2D eigenvalue weighted by molar-refractivity contribution is -0.140. The molecular formula is C19H17F3O3. The molecule has 0 bridgehead atoms. The summed E-state index contributed by atoms with van der Waals surface area (Å²) in [7, 11) is 0. The van der Waals surface area contributed by atoms with Crippen molar-refractivity contribution >= 4 is 5.97 Å². The molecule has 0 aliphatic carbocycles. The summed E-state index contributed by atoms with van der Waals surface area (Å²) >= 11 is 0. The summed E-state index contributed by atoms with van der Waals surface area (Å²) in [6.45, 7) is 5.50. The summed E-state index contributed by atoms with van der Waals surface area (Å²) in [6.07, 6.45) is -5.39. The van der Waals surface area contributed by atoms with Gasteiger partial charge in [-0.1, -0.05) is 36.9 Å². The molecule has 3 nitrogen and oxygen atoms in total. The Morgan fingerprint density at radius 3 is 2.20 bits per heavy atom. The van der Waals surface area contributed by atoms with Gasteiger partial charge in [0.15, 0.2) is 6.10 Å². The van der Waals surface area contributed by atoms with Crippen molar-refractivity contribution in [1.29, 1.82) is 0 Å². The van der Waals surface area contributed by atoms with Crippen LogP contribution in [0.5, 0.6) is 5.75 Å². The van der Waals surface area contributed by atoms with Gasteiger partial charge in [0, 0.05) is 0 Å². The molecule has 0 radical (unpaired) electrons. The van der Waals surface area contributed by atoms with Crippen molar-refractivity contribution in [2.24, 2.45) is 0 Å². The van der Waals surface area contributed by atoms with Crippen molar-refractivity contribution in [3.63, 3.8) is 0 Å². The zero-order chi connectivity index (χ0) is 18.4. The van der Waals surface area contributed by atoms with Crippen molar-refractivity contribution in [2.75, 3.05) is 6.61 Å². The lowest BCUT2D eigenvalue weighted by atomic mass is 10.0. The molecule has 0 saturated carbocycles. The van der Waals surface area contributed by atoms with E-state index in [4.69, 9.17) is 9.47 Å². The molecular weight excluding hydrogens is 333 g/mol. The van der Waals surface area contributed by atoms with Gasteiger partial charge in [0.2, 0.25) is 0 Å². The van der Waals surface area contributed by atoms with Crippen LogP contribution >= 0.6 is 0 Å². The van der Waals surface area contributed by atoms with Gasteiger partial charge in [-0.3, -0.25) is 0 Å². The average molecular weight is 350 g/mol. The van der Waals surface area contributed by atoms with E-state index in [2.05, 4.69) is 6.58 Å². The minimum Gasteiger partial charge on any atom is -0.481 e. The van der Waals surface area contributed by atoms with Gasteiger partial charge >= 0.3 is 12.1 Å². The molecule has 1 atom stereocenters. The van der Waals surface area contributed by atoms with Gasteiger partial charge in [-0.05, 0) is 36.8 Å². The van der Waals surface area contributed by atoms with E-state index in [9.17, 15) is 18.0 Å². The molecule has 132 valence electrons. The second-order valence-corrected chi connectivity index (χ2v) is 5.18. The van der Waals surface area contributed by atoms with Crippen molar-refractivity contribution in [2.45, 2.75) is 19.2 Å². The highest BCUT2D eigenvalue weighted by atomic mass is 19.4. The Balaban J connectivity index is 2.33. The van der Waals surface area contributed by atoms with E-state index in [1.165, 1.54) is 12.1 Å². The third-order valence-corrected chi connectivity index (χ3v) is 3.39. The number of hydrogen-bond acceptors (Lipinski definition) is 3. The maximum absolute atomic E-state index is 12.7. The van der Waals surface area contributed by atoms with Gasteiger partial charge in [-0.2, -0.15) is 13.2 Å². The number of carbonyl (C=O) groups excluding carboxylic acids is 1. The first kappa shape index (κ1) is 18.6. The van der Waals surface area contributed by atoms with Gasteiger partial charge in [0.05, 0.1) is 17.7 Å². The van der Waals surface area contributed by atoms with E-state index in [1.54, 1.807) is 37.3 Å². The van der Waals surface area contributed by atoms with Gasteiger partial charge in [0.1, 0.15) is 5.75 Å². The molecule has 0 spiro atoms. The summed E-state index contributed by atoms with van der Waals surface area (Å²) in [5.41, 5.74) is -0.406. The standard InChI is InChI=1S/C19H17F3O3/c1-3-24-18(23)13(2)17(25-16-7-5-4-6-8-16)14-9-11-15(12-10-14)19(20,21)22/h4-12,17H,2-3H2,1H3. The molecule has 0 heterocycles. The lowest BCUT2D eigenvalue weighted by Gasteiger charge is -2.21. The van der Waals surface area contributed by atoms with Crippen LogP contribution in [-0.4, -0.2) is 12.6 Å². The fraction of sp³-hybridized carbons (Fsp3) is 0.211. The van der Waals surface area contributed by atoms with E-state index >= 15 is 0 Å². The van der Waals surface area contributed by atoms with Crippen LogP contribution in [0.3, 0.4) is 0 Å². The molecule has 0 N–H and O–H groups in total. The summed E-state index contributed by atoms with van der Waals surface area (Å²) in [4.78, 5) is 12.0. The first-order chi connectivity index (χ1) is 11.8. The summed E-state index contributed by atoms with van der Waals surface area (Å²) in [6, 6.07) is 13.0. The van der Waals surface area contributed by atoms with Crippen LogP contribution in [0, 0.1) is 0 Å². The molecule has 0 amide bonds. The number of rotatable bonds is 6. The van der Waals surface area contributed by atoms with E-state index in [-0.39, 0.29) is 12.2 Å². The van der Waals surface area contributed by atoms with Crippen molar-refractivity contribution in [1.82, 2.24) is 0 Å². The molecule has 2 rings (SSSR count). The number of para-hydroxylation sites is 1. The molecule has 2 aromatic rings. The second kappa shape index (κ2) is 7.88. The Labute approximate surface area is 143 Å². The van der Waals surface area contributed by atoms with Crippen molar-refractivity contribution < 1.29 is 27.4 Å². The first-order valence-electron chi connectivity index (χ1n) is 7.57. The normalized spacial score (nSPS) is 12.3. The van der Waals surface area contributed by atoms with E-state index in [1.807, 2.05) is 0 Å². The van der Waals surface area contributed by atoms with Crippen LogP contribution in [0.25, 0.3) is 0 Å². The number of hydrogen-bond donors (Lipinski definition) is 0. The SMILES string of the molecule is C=C(C(=O)OCC)C(Oc1ccccc1)c1ccc(C(F)(F)F)cc1. The van der Waals surface area contributed by atoms with Crippen molar-refractivity contribution in [3.8, 4) is 5.75 Å². The number of esters is 1. The Morgan fingerprint density at radius 1 is 1.08 bits per heavy atom. The zero-order valence-corrected chi connectivity index (χ0v) is 13.5. The topological polar surface area (TPSA) is 35.5 Å². The van der Waals surface area contributed by atoms with Gasteiger partial charge in [-0.25, -0.2) is 4.79 Å². The number of carbonyl (C=O) groups is 1. The van der Waals surface area contributed by atoms with Gasteiger partial charge < -0.3 is 9.47 Å². The highest BCUT2D eigenvalue weighted by molar-refractivity contribution is 5.89. The molecule has 0 fully saturated rings. The maximum Gasteiger partial charge on any atom is 0.416 e. The molecule has 25 heavy (non-hydrogen) atoms. The molecule has 6 heteroatoms. The lowest BCUT2D eigenvalue weighted by Crippen LogP contribution is -2.19. The van der Waals surface area contributed by atoms with Crippen LogP contribution in [0.4, 0.5) is 13.2 Å². The third-order valence-electron chi connectivity index (χ3n) is 3.39. The predicted octanol–water partition coefficient (Wildman–Crippen LogP) is 4.94. The quantitative estimate of drug-likeness (QED) is 0.546. The molecule has 0 aliphatic rings. The third kappa shape index (κ3) is 4.86. The Bertz CT molecular complexity index is 722. The smallest absolute Gasteiger partial charge is 0.416 e. The largest absolute Gasteiger partial charge is 0.481 e. The number of benzene rings is 2.